The van der Waals surface area contributed by atoms with Crippen LogP contribution in [-0.4, -0.2) is 9.91 Å². The van der Waals surface area contributed by atoms with Crippen LogP contribution in [0.5, 0.6) is 0 Å². The van der Waals surface area contributed by atoms with Gasteiger partial charge in [-0.15, -0.1) is 0 Å². The van der Waals surface area contributed by atoms with Crippen molar-refractivity contribution in [3.63, 3.8) is 0 Å². The van der Waals surface area contributed by atoms with Crippen molar-refractivity contribution in [2.75, 3.05) is 0 Å². The minimum Gasteiger partial charge on any atom is -0.265 e. The van der Waals surface area contributed by atoms with Gasteiger partial charge in [-0.1, -0.05) is 32.0 Å². The molecule has 0 aliphatic heterocycles. The zero-order chi connectivity index (χ0) is 15.9. The number of pyridine rings is 1. The van der Waals surface area contributed by atoms with E-state index in [-0.39, 0.29) is 10.6 Å². The normalized spacial score (nSPS) is 9.91. The van der Waals surface area contributed by atoms with E-state index in [4.69, 9.17) is 0 Å². The fourth-order valence-corrected chi connectivity index (χ4v) is 2.24. The van der Waals surface area contributed by atoms with Gasteiger partial charge in [-0.05, 0) is 46.5 Å². The molecule has 112 valence electrons. The summed E-state index contributed by atoms with van der Waals surface area (Å²) in [6, 6.07) is 14.9. The molecule has 0 radical (unpaired) electrons. The molecule has 3 rings (SSSR count). The molecule has 0 saturated carbocycles. The molecule has 0 bridgehead atoms. The third-order valence-corrected chi connectivity index (χ3v) is 3.26. The summed E-state index contributed by atoms with van der Waals surface area (Å²) in [6.45, 7) is 4.00. The Kier molecular flexibility index (Phi) is 5.20. The number of fused-ring (bicyclic) bond motifs is 1. The van der Waals surface area contributed by atoms with Crippen molar-refractivity contribution in [1.29, 1.82) is 0 Å². The second-order valence-electron chi connectivity index (χ2n) is 4.66. The molecule has 0 unspecified atom stereocenters. The van der Waals surface area contributed by atoms with Crippen molar-refractivity contribution in [3.8, 4) is 0 Å². The van der Waals surface area contributed by atoms with Crippen LogP contribution in [0.15, 0.2) is 60.9 Å². The second-order valence-corrected chi connectivity index (χ2v) is 4.66. The maximum absolute atomic E-state index is 10.8. The molecule has 0 spiro atoms. The van der Waals surface area contributed by atoms with Gasteiger partial charge < -0.3 is 0 Å². The first-order valence-electron chi connectivity index (χ1n) is 7.28. The molecule has 2 aromatic carbocycles. The summed E-state index contributed by atoms with van der Waals surface area (Å²) in [4.78, 5) is 14.4. The number of nitro benzene ring substituents is 1. The van der Waals surface area contributed by atoms with E-state index in [1.54, 1.807) is 30.6 Å². The summed E-state index contributed by atoms with van der Waals surface area (Å²) in [5.41, 5.74) is 2.50. The Morgan fingerprint density at radius 2 is 1.55 bits per heavy atom. The Balaban J connectivity index is 0.000000847. The van der Waals surface area contributed by atoms with Crippen LogP contribution in [0.2, 0.25) is 0 Å². The first-order valence-corrected chi connectivity index (χ1v) is 7.28. The van der Waals surface area contributed by atoms with Gasteiger partial charge in [0.05, 0.1) is 4.92 Å². The van der Waals surface area contributed by atoms with Crippen molar-refractivity contribution in [1.82, 2.24) is 4.98 Å². The van der Waals surface area contributed by atoms with E-state index in [1.165, 1.54) is 11.1 Å². The Hall–Kier alpha value is -2.75. The van der Waals surface area contributed by atoms with Crippen molar-refractivity contribution in [2.24, 2.45) is 0 Å². The lowest BCUT2D eigenvalue weighted by Gasteiger charge is -2.04. The average Bonchev–Trinajstić information content (AvgIpc) is 2.57. The predicted octanol–water partition coefficient (Wildman–Crippen LogP) is 4.76. The van der Waals surface area contributed by atoms with Gasteiger partial charge in [-0.3, -0.25) is 15.1 Å². The smallest absolute Gasteiger partial charge is 0.265 e. The number of nitro groups is 1. The number of rotatable bonds is 3. The lowest BCUT2D eigenvalue weighted by atomic mass is 10.0. The van der Waals surface area contributed by atoms with Crippen LogP contribution in [0, 0.1) is 10.1 Å². The molecule has 0 saturated heterocycles. The Bertz CT molecular complexity index is 770. The summed E-state index contributed by atoms with van der Waals surface area (Å²) in [6.07, 6.45) is 4.38. The Morgan fingerprint density at radius 3 is 2.23 bits per heavy atom. The molecule has 1 heterocycles. The van der Waals surface area contributed by atoms with Crippen LogP contribution in [0.1, 0.15) is 25.0 Å². The lowest BCUT2D eigenvalue weighted by Crippen LogP contribution is -1.90. The van der Waals surface area contributed by atoms with Crippen molar-refractivity contribution < 1.29 is 4.92 Å². The first kappa shape index (κ1) is 15.6. The molecule has 0 aliphatic carbocycles. The van der Waals surface area contributed by atoms with E-state index in [2.05, 4.69) is 11.1 Å². The van der Waals surface area contributed by atoms with E-state index in [0.29, 0.717) is 0 Å². The van der Waals surface area contributed by atoms with E-state index in [9.17, 15) is 10.1 Å². The van der Waals surface area contributed by atoms with Gasteiger partial charge in [-0.2, -0.15) is 0 Å². The minimum absolute atomic E-state index is 0.124. The van der Waals surface area contributed by atoms with Crippen molar-refractivity contribution >= 4 is 16.5 Å². The number of hydrogen-bond acceptors (Lipinski definition) is 3. The summed E-state index contributed by atoms with van der Waals surface area (Å²) in [5, 5.41) is 12.7. The highest BCUT2D eigenvalue weighted by Crippen LogP contribution is 2.22. The average molecular weight is 294 g/mol. The van der Waals surface area contributed by atoms with Crippen molar-refractivity contribution in [3.05, 3.63) is 82.2 Å². The number of nitrogens with zero attached hydrogens (tertiary/aromatic N) is 2. The van der Waals surface area contributed by atoms with Crippen LogP contribution >= 0.6 is 0 Å². The van der Waals surface area contributed by atoms with E-state index in [1.807, 2.05) is 38.1 Å². The largest absolute Gasteiger partial charge is 0.270 e. The van der Waals surface area contributed by atoms with Crippen LogP contribution in [0.4, 0.5) is 5.69 Å². The fourth-order valence-electron chi connectivity index (χ4n) is 2.24. The molecule has 4 heteroatoms. The Labute approximate surface area is 129 Å². The molecule has 0 N–H and O–H groups in total. The van der Waals surface area contributed by atoms with Gasteiger partial charge >= 0.3 is 0 Å². The minimum atomic E-state index is -0.371. The number of non-ortho nitro benzene ring substituents is 1. The summed E-state index contributed by atoms with van der Waals surface area (Å²) in [5.74, 6) is 0. The lowest BCUT2D eigenvalue weighted by molar-refractivity contribution is -0.384. The van der Waals surface area contributed by atoms with Gasteiger partial charge in [0, 0.05) is 24.5 Å². The van der Waals surface area contributed by atoms with E-state index < -0.39 is 0 Å². The molecule has 0 fully saturated rings. The number of benzene rings is 2. The van der Waals surface area contributed by atoms with Crippen molar-refractivity contribution in [2.45, 2.75) is 20.3 Å². The zero-order valence-corrected chi connectivity index (χ0v) is 12.7. The molecular weight excluding hydrogens is 276 g/mol. The highest BCUT2D eigenvalue weighted by Gasteiger charge is 2.06. The van der Waals surface area contributed by atoms with E-state index in [0.717, 1.165) is 17.2 Å². The molecule has 0 aliphatic rings. The Morgan fingerprint density at radius 1 is 0.909 bits per heavy atom. The molecule has 0 atom stereocenters. The first-order chi connectivity index (χ1) is 10.7. The highest BCUT2D eigenvalue weighted by molar-refractivity contribution is 5.85. The third-order valence-electron chi connectivity index (χ3n) is 3.26. The van der Waals surface area contributed by atoms with Crippen LogP contribution in [0.3, 0.4) is 0 Å². The second kappa shape index (κ2) is 7.31. The molecule has 0 amide bonds. The third kappa shape index (κ3) is 3.67. The molecule has 4 nitrogen and oxygen atoms in total. The number of hydrogen-bond donors (Lipinski definition) is 0. The maximum Gasteiger partial charge on any atom is 0.270 e. The van der Waals surface area contributed by atoms with E-state index >= 15 is 0 Å². The molecule has 22 heavy (non-hydrogen) atoms. The summed E-state index contributed by atoms with van der Waals surface area (Å²) >= 11 is 0. The molecular formula is C18H18N2O2. The monoisotopic (exact) mass is 294 g/mol. The maximum atomic E-state index is 10.8. The van der Waals surface area contributed by atoms with Crippen LogP contribution in [-0.2, 0) is 6.42 Å². The zero-order valence-electron chi connectivity index (χ0n) is 12.7. The predicted molar refractivity (Wildman–Crippen MR) is 89.0 cm³/mol. The van der Waals surface area contributed by atoms with Gasteiger partial charge in [-0.25, -0.2) is 0 Å². The van der Waals surface area contributed by atoms with Gasteiger partial charge in [0.15, 0.2) is 0 Å². The van der Waals surface area contributed by atoms with Crippen LogP contribution < -0.4 is 0 Å². The number of aromatic nitrogens is 1. The topological polar surface area (TPSA) is 56.0 Å². The SMILES string of the molecule is CC.O=[N+]([O-])c1ccc2cc(Cc3ccncc3)ccc2c1. The van der Waals surface area contributed by atoms with Gasteiger partial charge in [0.1, 0.15) is 0 Å². The summed E-state index contributed by atoms with van der Waals surface area (Å²) < 4.78 is 0. The standard InChI is InChI=1S/C16H12N2O2.C2H6/c19-18(20)16-4-3-14-10-13(1-2-15(14)11-16)9-12-5-7-17-8-6-12;1-2/h1-8,10-11H,9H2;1-2H3. The fraction of sp³-hybridized carbons (Fsp3) is 0.167. The van der Waals surface area contributed by atoms with Crippen LogP contribution in [0.25, 0.3) is 10.8 Å². The summed E-state index contributed by atoms with van der Waals surface area (Å²) in [7, 11) is 0. The quantitative estimate of drug-likeness (QED) is 0.517. The molecule has 1 aromatic heterocycles. The molecule has 3 aromatic rings. The van der Waals surface area contributed by atoms with Gasteiger partial charge in [0.2, 0.25) is 0 Å². The van der Waals surface area contributed by atoms with Gasteiger partial charge in [0.25, 0.3) is 5.69 Å². The highest BCUT2D eigenvalue weighted by atomic mass is 16.6.